The van der Waals surface area contributed by atoms with E-state index in [-0.39, 0.29) is 0 Å². The lowest BCUT2D eigenvalue weighted by Gasteiger charge is -2.31. The summed E-state index contributed by atoms with van der Waals surface area (Å²) < 4.78 is 5.82. The number of aromatic nitrogens is 1. The Labute approximate surface area is 130 Å². The van der Waals surface area contributed by atoms with Gasteiger partial charge in [-0.05, 0) is 43.5 Å². The summed E-state index contributed by atoms with van der Waals surface area (Å²) in [7, 11) is 0. The first kappa shape index (κ1) is 14.6. The van der Waals surface area contributed by atoms with Gasteiger partial charge in [-0.25, -0.2) is 0 Å². The number of benzene rings is 1. The number of nitrogens with zero attached hydrogens (tertiary/aromatic N) is 1. The van der Waals surface area contributed by atoms with Gasteiger partial charge in [-0.2, -0.15) is 0 Å². The van der Waals surface area contributed by atoms with Crippen LogP contribution in [-0.4, -0.2) is 23.7 Å². The molecule has 1 aromatic carbocycles. The van der Waals surface area contributed by atoms with Crippen LogP contribution in [0.3, 0.4) is 0 Å². The van der Waals surface area contributed by atoms with Crippen molar-refractivity contribution >= 4 is 28.2 Å². The quantitative estimate of drug-likeness (QED) is 0.893. The average molecular weight is 305 g/mol. The van der Waals surface area contributed by atoms with Crippen LogP contribution in [0.15, 0.2) is 30.5 Å². The van der Waals surface area contributed by atoms with Crippen molar-refractivity contribution in [1.82, 2.24) is 4.98 Å². The lowest BCUT2D eigenvalue weighted by Crippen LogP contribution is -2.34. The number of hydrogen-bond acceptors (Lipinski definition) is 3. The van der Waals surface area contributed by atoms with Crippen molar-refractivity contribution in [1.29, 1.82) is 0 Å². The molecule has 2 atom stereocenters. The zero-order chi connectivity index (χ0) is 14.7. The van der Waals surface area contributed by atoms with Crippen molar-refractivity contribution in [2.45, 2.75) is 44.8 Å². The molecule has 1 aliphatic rings. The molecule has 2 unspecified atom stereocenters. The van der Waals surface area contributed by atoms with E-state index in [0.29, 0.717) is 17.2 Å². The summed E-state index contributed by atoms with van der Waals surface area (Å²) in [6.45, 7) is 3.05. The van der Waals surface area contributed by atoms with Gasteiger partial charge in [-0.3, -0.25) is 4.98 Å². The highest BCUT2D eigenvalue weighted by Crippen LogP contribution is 2.30. The molecule has 0 saturated carbocycles. The van der Waals surface area contributed by atoms with E-state index in [2.05, 4.69) is 29.4 Å². The van der Waals surface area contributed by atoms with Gasteiger partial charge in [0.15, 0.2) is 0 Å². The molecule has 0 radical (unpaired) electrons. The molecule has 4 heteroatoms. The molecule has 0 amide bonds. The van der Waals surface area contributed by atoms with E-state index in [1.54, 1.807) is 6.20 Å². The maximum Gasteiger partial charge on any atom is 0.0908 e. The minimum atomic E-state index is 0.387. The molecule has 0 aliphatic carbocycles. The van der Waals surface area contributed by atoms with Gasteiger partial charge in [0.05, 0.1) is 16.6 Å². The fourth-order valence-corrected chi connectivity index (χ4v) is 3.23. The summed E-state index contributed by atoms with van der Waals surface area (Å²) in [6.07, 6.45) is 6.59. The molecule has 1 aliphatic heterocycles. The maximum atomic E-state index is 6.23. The maximum absolute atomic E-state index is 6.23. The highest BCUT2D eigenvalue weighted by molar-refractivity contribution is 6.35. The van der Waals surface area contributed by atoms with Gasteiger partial charge in [-0.15, -0.1) is 0 Å². The van der Waals surface area contributed by atoms with Crippen LogP contribution in [0.5, 0.6) is 0 Å². The lowest BCUT2D eigenvalue weighted by atomic mass is 9.99. The van der Waals surface area contributed by atoms with Gasteiger partial charge < -0.3 is 10.1 Å². The predicted molar refractivity (Wildman–Crippen MR) is 88.0 cm³/mol. The van der Waals surface area contributed by atoms with Crippen LogP contribution in [0, 0.1) is 0 Å². The minimum absolute atomic E-state index is 0.387. The van der Waals surface area contributed by atoms with E-state index >= 15 is 0 Å². The third-order valence-corrected chi connectivity index (χ3v) is 4.36. The van der Waals surface area contributed by atoms with Crippen LogP contribution in [0.2, 0.25) is 5.02 Å². The summed E-state index contributed by atoms with van der Waals surface area (Å²) in [5, 5.41) is 5.45. The normalized spacial score (nSPS) is 22.4. The summed E-state index contributed by atoms with van der Waals surface area (Å²) in [5.41, 5.74) is 1.98. The molecule has 21 heavy (non-hydrogen) atoms. The fraction of sp³-hybridized carbons (Fsp3) is 0.471. The Hall–Kier alpha value is -1.32. The van der Waals surface area contributed by atoms with Crippen LogP contribution in [0.25, 0.3) is 10.9 Å². The number of nitrogens with one attached hydrogen (secondary N) is 1. The van der Waals surface area contributed by atoms with E-state index in [0.717, 1.165) is 42.5 Å². The van der Waals surface area contributed by atoms with Crippen molar-refractivity contribution in [3.8, 4) is 0 Å². The van der Waals surface area contributed by atoms with Crippen molar-refractivity contribution in [3.63, 3.8) is 0 Å². The van der Waals surface area contributed by atoms with Crippen molar-refractivity contribution in [2.75, 3.05) is 11.9 Å². The number of hydrogen-bond donors (Lipinski definition) is 1. The average Bonchev–Trinajstić information content (AvgIpc) is 2.51. The molecule has 1 N–H and O–H groups in total. The Bertz CT molecular complexity index is 615. The Morgan fingerprint density at radius 2 is 2.29 bits per heavy atom. The predicted octanol–water partition coefficient (Wildman–Crippen LogP) is 4.65. The molecule has 3 nitrogen and oxygen atoms in total. The lowest BCUT2D eigenvalue weighted by molar-refractivity contribution is 0.00599. The number of pyridine rings is 1. The third-order valence-electron chi connectivity index (χ3n) is 4.06. The second-order valence-electron chi connectivity index (χ2n) is 5.64. The smallest absolute Gasteiger partial charge is 0.0908 e. The molecular formula is C17H21ClN2O. The SMILES string of the molecule is CCCC1CC(Nc2ccc(Cl)c3ncccc23)CCO1. The fourth-order valence-electron chi connectivity index (χ4n) is 3.02. The Morgan fingerprint density at radius 1 is 1.38 bits per heavy atom. The monoisotopic (exact) mass is 304 g/mol. The topological polar surface area (TPSA) is 34.2 Å². The molecular weight excluding hydrogens is 284 g/mol. The molecule has 2 aromatic rings. The summed E-state index contributed by atoms with van der Waals surface area (Å²) in [4.78, 5) is 4.38. The zero-order valence-corrected chi connectivity index (χ0v) is 13.1. The van der Waals surface area contributed by atoms with Crippen LogP contribution in [0.4, 0.5) is 5.69 Å². The van der Waals surface area contributed by atoms with E-state index in [1.165, 1.54) is 6.42 Å². The zero-order valence-electron chi connectivity index (χ0n) is 12.3. The molecule has 3 rings (SSSR count). The number of ether oxygens (including phenoxy) is 1. The Balaban J connectivity index is 1.80. The Morgan fingerprint density at radius 3 is 3.14 bits per heavy atom. The van der Waals surface area contributed by atoms with Crippen LogP contribution < -0.4 is 5.32 Å². The highest BCUT2D eigenvalue weighted by Gasteiger charge is 2.22. The first-order chi connectivity index (χ1) is 10.3. The second kappa shape index (κ2) is 6.63. The third kappa shape index (κ3) is 3.30. The summed E-state index contributed by atoms with van der Waals surface area (Å²) >= 11 is 6.23. The summed E-state index contributed by atoms with van der Waals surface area (Å²) in [5.74, 6) is 0. The minimum Gasteiger partial charge on any atom is -0.382 e. The number of anilines is 1. The molecule has 0 bridgehead atoms. The molecule has 1 fully saturated rings. The van der Waals surface area contributed by atoms with Crippen LogP contribution in [0.1, 0.15) is 32.6 Å². The molecule has 1 aromatic heterocycles. The van der Waals surface area contributed by atoms with Gasteiger partial charge in [0.2, 0.25) is 0 Å². The van der Waals surface area contributed by atoms with E-state index in [9.17, 15) is 0 Å². The summed E-state index contributed by atoms with van der Waals surface area (Å²) in [6, 6.07) is 8.45. The number of fused-ring (bicyclic) bond motifs is 1. The van der Waals surface area contributed by atoms with Gasteiger partial charge in [0.25, 0.3) is 0 Å². The van der Waals surface area contributed by atoms with E-state index < -0.39 is 0 Å². The standard InChI is InChI=1S/C17H21ClN2O/c1-2-4-13-11-12(8-10-21-13)20-16-7-6-15(18)17-14(16)5-3-9-19-17/h3,5-7,9,12-13,20H,2,4,8,10-11H2,1H3. The molecule has 112 valence electrons. The Kier molecular flexibility index (Phi) is 4.61. The molecule has 2 heterocycles. The van der Waals surface area contributed by atoms with Crippen molar-refractivity contribution in [2.24, 2.45) is 0 Å². The van der Waals surface area contributed by atoms with Gasteiger partial charge >= 0.3 is 0 Å². The second-order valence-corrected chi connectivity index (χ2v) is 6.05. The first-order valence-electron chi connectivity index (χ1n) is 7.69. The van der Waals surface area contributed by atoms with E-state index in [1.807, 2.05) is 12.1 Å². The molecule has 0 spiro atoms. The van der Waals surface area contributed by atoms with Crippen molar-refractivity contribution in [3.05, 3.63) is 35.5 Å². The largest absolute Gasteiger partial charge is 0.382 e. The van der Waals surface area contributed by atoms with E-state index in [4.69, 9.17) is 16.3 Å². The first-order valence-corrected chi connectivity index (χ1v) is 8.07. The van der Waals surface area contributed by atoms with Gasteiger partial charge in [0.1, 0.15) is 0 Å². The number of halogens is 1. The van der Waals surface area contributed by atoms with Crippen LogP contribution >= 0.6 is 11.6 Å². The van der Waals surface area contributed by atoms with Gasteiger partial charge in [0, 0.05) is 29.9 Å². The molecule has 1 saturated heterocycles. The van der Waals surface area contributed by atoms with Crippen molar-refractivity contribution < 1.29 is 4.74 Å². The van der Waals surface area contributed by atoms with Gasteiger partial charge in [-0.1, -0.05) is 24.9 Å². The van der Waals surface area contributed by atoms with Crippen LogP contribution in [-0.2, 0) is 4.74 Å². The number of rotatable bonds is 4. The highest BCUT2D eigenvalue weighted by atomic mass is 35.5.